The third kappa shape index (κ3) is 3.67. The standard InChI is InChI=1S/C16H25N3O3S2/c1-12-9-23-15(18-12)7-19-10-16(11-19)5-4-13(8-22-16)6-17-24(20,21)14-2-3-14/h9,13-14,17H,2-8,10-11H2,1H3/t13-/m0/s1. The van der Waals surface area contributed by atoms with Crippen LogP contribution in [0.3, 0.4) is 0 Å². The lowest BCUT2D eigenvalue weighted by Gasteiger charge is -2.52. The number of likely N-dealkylation sites (tertiary alicyclic amines) is 1. The molecule has 2 aliphatic heterocycles. The van der Waals surface area contributed by atoms with Crippen LogP contribution in [0.1, 0.15) is 36.4 Å². The van der Waals surface area contributed by atoms with E-state index in [1.165, 1.54) is 5.01 Å². The Morgan fingerprint density at radius 2 is 2.21 bits per heavy atom. The van der Waals surface area contributed by atoms with Crippen LogP contribution in [0.4, 0.5) is 0 Å². The van der Waals surface area contributed by atoms with E-state index >= 15 is 0 Å². The van der Waals surface area contributed by atoms with E-state index in [1.54, 1.807) is 11.3 Å². The number of nitrogens with zero attached hydrogens (tertiary/aromatic N) is 2. The summed E-state index contributed by atoms with van der Waals surface area (Å²) in [5, 5.41) is 3.13. The van der Waals surface area contributed by atoms with Crippen LogP contribution in [0.2, 0.25) is 0 Å². The number of ether oxygens (including phenoxy) is 1. The predicted molar refractivity (Wildman–Crippen MR) is 93.5 cm³/mol. The van der Waals surface area contributed by atoms with Crippen LogP contribution in [0, 0.1) is 12.8 Å². The van der Waals surface area contributed by atoms with Gasteiger partial charge < -0.3 is 4.74 Å². The maximum Gasteiger partial charge on any atom is 0.214 e. The number of aromatic nitrogens is 1. The van der Waals surface area contributed by atoms with E-state index in [2.05, 4.69) is 20.0 Å². The van der Waals surface area contributed by atoms with Crippen molar-refractivity contribution in [3.05, 3.63) is 16.1 Å². The van der Waals surface area contributed by atoms with E-state index in [0.717, 1.165) is 51.0 Å². The van der Waals surface area contributed by atoms with E-state index in [4.69, 9.17) is 4.74 Å². The summed E-state index contributed by atoms with van der Waals surface area (Å²) in [6.45, 7) is 6.06. The molecule has 24 heavy (non-hydrogen) atoms. The molecule has 3 fully saturated rings. The fraction of sp³-hybridized carbons (Fsp3) is 0.812. The first-order chi connectivity index (χ1) is 11.4. The molecule has 1 N–H and O–H groups in total. The molecule has 134 valence electrons. The van der Waals surface area contributed by atoms with Crippen LogP contribution in [-0.4, -0.2) is 55.4 Å². The molecule has 0 unspecified atom stereocenters. The van der Waals surface area contributed by atoms with Crippen LogP contribution in [-0.2, 0) is 21.3 Å². The molecular formula is C16H25N3O3S2. The van der Waals surface area contributed by atoms with Crippen molar-refractivity contribution >= 4 is 21.4 Å². The molecule has 1 saturated carbocycles. The van der Waals surface area contributed by atoms with Gasteiger partial charge in [0.05, 0.1) is 24.0 Å². The van der Waals surface area contributed by atoms with E-state index in [-0.39, 0.29) is 10.9 Å². The van der Waals surface area contributed by atoms with Crippen molar-refractivity contribution in [1.82, 2.24) is 14.6 Å². The Labute approximate surface area is 147 Å². The number of rotatable bonds is 6. The minimum atomic E-state index is -3.07. The third-order valence-corrected chi connectivity index (χ3v) is 8.09. The molecule has 3 heterocycles. The summed E-state index contributed by atoms with van der Waals surface area (Å²) in [6, 6.07) is 0. The molecule has 0 radical (unpaired) electrons. The lowest BCUT2D eigenvalue weighted by molar-refractivity contribution is -0.181. The second-order valence-electron chi connectivity index (χ2n) is 7.52. The second-order valence-corrected chi connectivity index (χ2v) is 10.5. The van der Waals surface area contributed by atoms with Gasteiger partial charge in [-0.25, -0.2) is 18.1 Å². The van der Waals surface area contributed by atoms with Gasteiger partial charge in [0.15, 0.2) is 0 Å². The topological polar surface area (TPSA) is 71.5 Å². The molecule has 0 aromatic carbocycles. The van der Waals surface area contributed by atoms with Crippen molar-refractivity contribution in [2.24, 2.45) is 5.92 Å². The summed E-state index contributed by atoms with van der Waals surface area (Å²) >= 11 is 1.72. The van der Waals surface area contributed by atoms with Crippen LogP contribution in [0.15, 0.2) is 5.38 Å². The van der Waals surface area contributed by atoms with Crippen molar-refractivity contribution in [1.29, 1.82) is 0 Å². The highest BCUT2D eigenvalue weighted by Gasteiger charge is 2.46. The number of nitrogens with one attached hydrogen (secondary N) is 1. The van der Waals surface area contributed by atoms with Gasteiger partial charge in [-0.05, 0) is 38.5 Å². The average molecular weight is 372 g/mol. The molecule has 1 aliphatic carbocycles. The van der Waals surface area contributed by atoms with Crippen molar-refractivity contribution in [2.75, 3.05) is 26.2 Å². The highest BCUT2D eigenvalue weighted by molar-refractivity contribution is 7.90. The minimum absolute atomic E-state index is 0.00181. The Kier molecular flexibility index (Phi) is 4.45. The first-order valence-corrected chi connectivity index (χ1v) is 11.1. The average Bonchev–Trinajstić information content (AvgIpc) is 3.30. The Morgan fingerprint density at radius 3 is 2.79 bits per heavy atom. The fourth-order valence-corrected chi connectivity index (χ4v) is 5.88. The van der Waals surface area contributed by atoms with Crippen LogP contribution in [0.5, 0.6) is 0 Å². The van der Waals surface area contributed by atoms with E-state index in [9.17, 15) is 8.42 Å². The first-order valence-electron chi connectivity index (χ1n) is 8.70. The molecular weight excluding hydrogens is 346 g/mol. The lowest BCUT2D eigenvalue weighted by atomic mass is 9.83. The van der Waals surface area contributed by atoms with Crippen molar-refractivity contribution in [2.45, 2.75) is 50.0 Å². The highest BCUT2D eigenvalue weighted by atomic mass is 32.2. The van der Waals surface area contributed by atoms with E-state index in [0.29, 0.717) is 19.1 Å². The molecule has 6 nitrogen and oxygen atoms in total. The minimum Gasteiger partial charge on any atom is -0.372 e. The molecule has 1 spiro atoms. The van der Waals surface area contributed by atoms with Crippen molar-refractivity contribution in [3.63, 3.8) is 0 Å². The van der Waals surface area contributed by atoms with Gasteiger partial charge in [-0.1, -0.05) is 0 Å². The summed E-state index contributed by atoms with van der Waals surface area (Å²) in [5.41, 5.74) is 1.09. The van der Waals surface area contributed by atoms with Gasteiger partial charge in [-0.15, -0.1) is 11.3 Å². The molecule has 2 saturated heterocycles. The fourth-order valence-electron chi connectivity index (χ4n) is 3.61. The molecule has 1 aromatic rings. The van der Waals surface area contributed by atoms with E-state index in [1.807, 2.05) is 6.92 Å². The SMILES string of the molecule is Cc1csc(CN2CC3(CC[C@@H](CNS(=O)(=O)C4CC4)CO3)C2)n1. The van der Waals surface area contributed by atoms with Gasteiger partial charge in [0.1, 0.15) is 5.01 Å². The number of hydrogen-bond donors (Lipinski definition) is 1. The molecule has 1 atom stereocenters. The smallest absolute Gasteiger partial charge is 0.214 e. The van der Waals surface area contributed by atoms with Crippen molar-refractivity contribution in [3.8, 4) is 0 Å². The Hall–Kier alpha value is -0.540. The van der Waals surface area contributed by atoms with Gasteiger partial charge in [-0.3, -0.25) is 4.90 Å². The molecule has 0 bridgehead atoms. The zero-order valence-electron chi connectivity index (χ0n) is 14.0. The Bertz CT molecular complexity index is 683. The summed E-state index contributed by atoms with van der Waals surface area (Å²) in [5.74, 6) is 0.305. The Morgan fingerprint density at radius 1 is 1.42 bits per heavy atom. The van der Waals surface area contributed by atoms with Crippen LogP contribution >= 0.6 is 11.3 Å². The summed E-state index contributed by atoms with van der Waals surface area (Å²) in [4.78, 5) is 6.90. The summed E-state index contributed by atoms with van der Waals surface area (Å²) in [6.07, 6.45) is 3.69. The molecule has 1 aromatic heterocycles. The monoisotopic (exact) mass is 371 g/mol. The first kappa shape index (κ1) is 16.9. The summed E-state index contributed by atoms with van der Waals surface area (Å²) in [7, 11) is -3.07. The normalized spacial score (nSPS) is 27.3. The summed E-state index contributed by atoms with van der Waals surface area (Å²) < 4.78 is 32.7. The number of hydrogen-bond acceptors (Lipinski definition) is 6. The highest BCUT2D eigenvalue weighted by Crippen LogP contribution is 2.37. The maximum atomic E-state index is 11.9. The van der Waals surface area contributed by atoms with Crippen molar-refractivity contribution < 1.29 is 13.2 Å². The predicted octanol–water partition coefficient (Wildman–Crippen LogP) is 1.51. The lowest BCUT2D eigenvalue weighted by Crippen LogP contribution is -2.64. The largest absolute Gasteiger partial charge is 0.372 e. The quantitative estimate of drug-likeness (QED) is 0.821. The maximum absolute atomic E-state index is 11.9. The second kappa shape index (κ2) is 6.32. The van der Waals surface area contributed by atoms with Crippen LogP contribution in [0.25, 0.3) is 0 Å². The van der Waals surface area contributed by atoms with Gasteiger partial charge in [0, 0.05) is 30.7 Å². The molecule has 0 amide bonds. The van der Waals surface area contributed by atoms with Gasteiger partial charge in [0.2, 0.25) is 10.0 Å². The van der Waals surface area contributed by atoms with E-state index < -0.39 is 10.0 Å². The number of aryl methyl sites for hydroxylation is 1. The number of sulfonamides is 1. The Balaban J connectivity index is 1.20. The van der Waals surface area contributed by atoms with Gasteiger partial charge in [0.25, 0.3) is 0 Å². The van der Waals surface area contributed by atoms with Crippen LogP contribution < -0.4 is 4.72 Å². The molecule has 8 heteroatoms. The molecule has 3 aliphatic rings. The number of thiazole rings is 1. The van der Waals surface area contributed by atoms with Gasteiger partial charge >= 0.3 is 0 Å². The third-order valence-electron chi connectivity index (χ3n) is 5.22. The molecule has 4 rings (SSSR count). The zero-order valence-corrected chi connectivity index (χ0v) is 15.7. The van der Waals surface area contributed by atoms with Gasteiger partial charge in [-0.2, -0.15) is 0 Å². The zero-order chi connectivity index (χ0) is 16.8.